The average Bonchev–Trinajstić information content (AvgIpc) is 2.83. The maximum absolute atomic E-state index is 13.5. The Labute approximate surface area is 135 Å². The fourth-order valence-corrected chi connectivity index (χ4v) is 2.47. The average molecular weight is 336 g/mol. The third-order valence-corrected chi connectivity index (χ3v) is 3.68. The van der Waals surface area contributed by atoms with Crippen molar-refractivity contribution in [1.82, 2.24) is 0 Å². The van der Waals surface area contributed by atoms with Crippen molar-refractivity contribution in [2.75, 3.05) is 5.32 Å². The predicted octanol–water partition coefficient (Wildman–Crippen LogP) is 3.91. The molecular formula is C15H8Cl2FN3O. The number of carbonyl (C=O) groups excluding carboxylic acids is 1. The number of anilines is 1. The van der Waals surface area contributed by atoms with E-state index in [1.807, 2.05) is 0 Å². The number of halogens is 3. The Morgan fingerprint density at radius 1 is 1.09 bits per heavy atom. The van der Waals surface area contributed by atoms with Gasteiger partial charge in [0.25, 0.3) is 5.91 Å². The van der Waals surface area contributed by atoms with E-state index in [1.54, 1.807) is 30.3 Å². The Bertz CT molecular complexity index is 834. The minimum atomic E-state index is -0.462. The van der Waals surface area contributed by atoms with Crippen molar-refractivity contribution in [2.24, 2.45) is 10.2 Å². The van der Waals surface area contributed by atoms with Crippen LogP contribution in [0.3, 0.4) is 0 Å². The van der Waals surface area contributed by atoms with Crippen molar-refractivity contribution >= 4 is 46.7 Å². The maximum Gasteiger partial charge on any atom is 0.277 e. The van der Waals surface area contributed by atoms with Crippen molar-refractivity contribution in [3.05, 3.63) is 63.4 Å². The number of nitrogens with one attached hydrogen (secondary N) is 1. The molecule has 1 aliphatic heterocycles. The van der Waals surface area contributed by atoms with Crippen LogP contribution in [0.2, 0.25) is 10.0 Å². The lowest BCUT2D eigenvalue weighted by Gasteiger charge is -2.01. The zero-order chi connectivity index (χ0) is 15.7. The van der Waals surface area contributed by atoms with Gasteiger partial charge in [0.2, 0.25) is 0 Å². The Kier molecular flexibility index (Phi) is 3.92. The molecular weight excluding hydrogens is 328 g/mol. The van der Waals surface area contributed by atoms with E-state index in [9.17, 15) is 9.18 Å². The number of nitrogens with zero attached hydrogens (tertiary/aromatic N) is 2. The normalized spacial score (nSPS) is 15.4. The van der Waals surface area contributed by atoms with E-state index >= 15 is 0 Å². The molecule has 0 saturated heterocycles. The molecule has 1 heterocycles. The van der Waals surface area contributed by atoms with Crippen molar-refractivity contribution in [3.63, 3.8) is 0 Å². The summed E-state index contributed by atoms with van der Waals surface area (Å²) in [5.41, 5.74) is 1.10. The van der Waals surface area contributed by atoms with E-state index in [4.69, 9.17) is 23.2 Å². The quantitative estimate of drug-likeness (QED) is 0.656. The van der Waals surface area contributed by atoms with E-state index in [1.165, 1.54) is 12.3 Å². The highest BCUT2D eigenvalue weighted by Crippen LogP contribution is 2.36. The lowest BCUT2D eigenvalue weighted by molar-refractivity contribution is -0.110. The van der Waals surface area contributed by atoms with E-state index < -0.39 is 11.7 Å². The van der Waals surface area contributed by atoms with Crippen LogP contribution in [0.4, 0.5) is 10.1 Å². The van der Waals surface area contributed by atoms with Crippen molar-refractivity contribution in [3.8, 4) is 0 Å². The van der Waals surface area contributed by atoms with E-state index in [2.05, 4.69) is 15.5 Å². The van der Waals surface area contributed by atoms with Crippen molar-refractivity contribution < 1.29 is 9.18 Å². The molecule has 1 amide bonds. The van der Waals surface area contributed by atoms with Crippen molar-refractivity contribution in [1.29, 1.82) is 0 Å². The van der Waals surface area contributed by atoms with Gasteiger partial charge in [0, 0.05) is 5.56 Å². The first-order valence-corrected chi connectivity index (χ1v) is 6.99. The molecule has 0 saturated carbocycles. The Morgan fingerprint density at radius 2 is 1.82 bits per heavy atom. The summed E-state index contributed by atoms with van der Waals surface area (Å²) in [7, 11) is 0. The molecule has 3 rings (SSSR count). The molecule has 4 nitrogen and oxygen atoms in total. The van der Waals surface area contributed by atoms with Gasteiger partial charge in [-0.3, -0.25) is 4.79 Å². The fourth-order valence-electron chi connectivity index (χ4n) is 2.02. The molecule has 2 aromatic rings. The summed E-state index contributed by atoms with van der Waals surface area (Å²) in [5.74, 6) is -0.889. The lowest BCUT2D eigenvalue weighted by atomic mass is 10.1. The van der Waals surface area contributed by atoms with Crippen molar-refractivity contribution in [2.45, 2.75) is 0 Å². The number of hydrogen-bond acceptors (Lipinski definition) is 3. The molecule has 110 valence electrons. The second kappa shape index (κ2) is 5.87. The van der Waals surface area contributed by atoms with Crippen LogP contribution in [0.15, 0.2) is 46.6 Å². The molecule has 0 aromatic heterocycles. The van der Waals surface area contributed by atoms with E-state index in [0.29, 0.717) is 21.3 Å². The maximum atomic E-state index is 13.5. The predicted molar refractivity (Wildman–Crippen MR) is 85.6 cm³/mol. The molecule has 22 heavy (non-hydrogen) atoms. The smallest absolute Gasteiger partial charge is 0.277 e. The lowest BCUT2D eigenvalue weighted by Crippen LogP contribution is -2.14. The Morgan fingerprint density at radius 3 is 2.59 bits per heavy atom. The third kappa shape index (κ3) is 2.61. The number of fused-ring (bicyclic) bond motifs is 1. The monoisotopic (exact) mass is 335 g/mol. The second-order valence-corrected chi connectivity index (χ2v) is 5.26. The molecule has 7 heteroatoms. The molecule has 1 N–H and O–H groups in total. The third-order valence-electron chi connectivity index (χ3n) is 3.05. The summed E-state index contributed by atoms with van der Waals surface area (Å²) in [6.07, 6.45) is 1.23. The van der Waals surface area contributed by atoms with Crippen LogP contribution in [-0.4, -0.2) is 17.8 Å². The fraction of sp³-hybridized carbons (Fsp3) is 0. The van der Waals surface area contributed by atoms with Crippen LogP contribution in [-0.2, 0) is 4.79 Å². The van der Waals surface area contributed by atoms with Gasteiger partial charge in [-0.15, -0.1) is 5.10 Å². The summed E-state index contributed by atoms with van der Waals surface area (Å²) in [6.45, 7) is 0. The van der Waals surface area contributed by atoms with Crippen LogP contribution in [0.25, 0.3) is 0 Å². The summed E-state index contributed by atoms with van der Waals surface area (Å²) >= 11 is 12.1. The van der Waals surface area contributed by atoms with Gasteiger partial charge in [0.15, 0.2) is 5.71 Å². The van der Waals surface area contributed by atoms with Gasteiger partial charge in [-0.05, 0) is 18.2 Å². The largest absolute Gasteiger partial charge is 0.319 e. The van der Waals surface area contributed by atoms with Crippen LogP contribution >= 0.6 is 23.2 Å². The number of rotatable bonds is 2. The van der Waals surface area contributed by atoms with E-state index in [-0.39, 0.29) is 11.3 Å². The molecule has 0 spiro atoms. The number of hydrogen-bond donors (Lipinski definition) is 1. The van der Waals surface area contributed by atoms with E-state index in [0.717, 1.165) is 0 Å². The summed E-state index contributed by atoms with van der Waals surface area (Å²) < 4.78 is 13.5. The number of benzene rings is 2. The molecule has 0 unspecified atom stereocenters. The molecule has 0 aliphatic carbocycles. The second-order valence-electron chi connectivity index (χ2n) is 4.45. The van der Waals surface area contributed by atoms with Crippen LogP contribution in [0, 0.1) is 5.82 Å². The molecule has 0 fully saturated rings. The minimum absolute atomic E-state index is 0.0371. The molecule has 1 aliphatic rings. The van der Waals surface area contributed by atoms with Crippen LogP contribution in [0.1, 0.15) is 11.1 Å². The molecule has 0 bridgehead atoms. The minimum Gasteiger partial charge on any atom is -0.319 e. The number of carbonyl (C=O) groups is 1. The summed E-state index contributed by atoms with van der Waals surface area (Å²) in [5, 5.41) is 10.9. The Balaban J connectivity index is 1.99. The highest BCUT2D eigenvalue weighted by molar-refractivity contribution is 6.58. The highest BCUT2D eigenvalue weighted by atomic mass is 35.5. The van der Waals surface area contributed by atoms with Gasteiger partial charge in [0.05, 0.1) is 27.5 Å². The van der Waals surface area contributed by atoms with Gasteiger partial charge in [-0.1, -0.05) is 41.4 Å². The van der Waals surface area contributed by atoms with Crippen LogP contribution < -0.4 is 5.32 Å². The Hall–Kier alpha value is -2.24. The SMILES string of the molecule is O=C1Nc2c(Cl)ccc(Cl)c2/C1=N/N=C/c1ccccc1F. The zero-order valence-corrected chi connectivity index (χ0v) is 12.5. The van der Waals surface area contributed by atoms with Gasteiger partial charge in [0.1, 0.15) is 5.82 Å². The first-order valence-electron chi connectivity index (χ1n) is 6.23. The highest BCUT2D eigenvalue weighted by Gasteiger charge is 2.30. The molecule has 0 radical (unpaired) electrons. The molecule has 0 atom stereocenters. The first kappa shape index (κ1) is 14.7. The number of amides is 1. The summed E-state index contributed by atoms with van der Waals surface area (Å²) in [6, 6.07) is 9.24. The van der Waals surface area contributed by atoms with Gasteiger partial charge in [-0.25, -0.2) is 4.39 Å². The van der Waals surface area contributed by atoms with Gasteiger partial charge in [-0.2, -0.15) is 5.10 Å². The summed E-state index contributed by atoms with van der Waals surface area (Å²) in [4.78, 5) is 11.9. The van der Waals surface area contributed by atoms with Crippen LogP contribution in [0.5, 0.6) is 0 Å². The first-order chi connectivity index (χ1) is 10.6. The topological polar surface area (TPSA) is 53.8 Å². The standard InChI is InChI=1S/C15H8Cl2FN3O/c16-9-5-6-10(17)13-12(9)14(15(22)20-13)21-19-7-8-3-1-2-4-11(8)18/h1-7H,(H,20,21,22)/b19-7+. The van der Waals surface area contributed by atoms with Gasteiger partial charge < -0.3 is 5.32 Å². The van der Waals surface area contributed by atoms with Gasteiger partial charge >= 0.3 is 0 Å². The molecule has 2 aromatic carbocycles. The zero-order valence-electron chi connectivity index (χ0n) is 11.0.